The van der Waals surface area contributed by atoms with Gasteiger partial charge in [0, 0.05) is 31.9 Å². The van der Waals surface area contributed by atoms with Gasteiger partial charge in [-0.05, 0) is 17.7 Å². The number of morpholine rings is 1. The van der Waals surface area contributed by atoms with Crippen LogP contribution in [0.15, 0.2) is 24.5 Å². The lowest BCUT2D eigenvalue weighted by molar-refractivity contribution is -0.131. The van der Waals surface area contributed by atoms with E-state index in [0.717, 1.165) is 12.1 Å². The minimum atomic E-state index is -0.285. The molecule has 15 heavy (non-hydrogen) atoms. The Morgan fingerprint density at radius 3 is 3.00 bits per heavy atom. The van der Waals surface area contributed by atoms with Gasteiger partial charge in [-0.2, -0.15) is 0 Å². The number of hydrogen-bond donors (Lipinski definition) is 1. The first-order chi connectivity index (χ1) is 7.36. The van der Waals surface area contributed by atoms with Crippen molar-refractivity contribution in [1.29, 1.82) is 0 Å². The van der Waals surface area contributed by atoms with Gasteiger partial charge in [0.25, 0.3) is 0 Å². The number of carbonyl (C=O) groups is 1. The summed E-state index contributed by atoms with van der Waals surface area (Å²) in [4.78, 5) is 15.7. The fourth-order valence-electron chi connectivity index (χ4n) is 1.59. The molecule has 1 atom stereocenters. The largest absolute Gasteiger partial charge is 0.368 e. The quantitative estimate of drug-likeness (QED) is 0.766. The molecule has 1 saturated heterocycles. The van der Waals surface area contributed by atoms with Crippen LogP contribution in [0.5, 0.6) is 0 Å². The molecule has 0 bridgehead atoms. The molecule has 0 amide bonds. The van der Waals surface area contributed by atoms with Crippen molar-refractivity contribution in [3.8, 4) is 0 Å². The van der Waals surface area contributed by atoms with Crippen molar-refractivity contribution in [2.45, 2.75) is 12.5 Å². The van der Waals surface area contributed by atoms with Gasteiger partial charge in [-0.3, -0.25) is 9.78 Å². The van der Waals surface area contributed by atoms with Crippen LogP contribution < -0.4 is 5.32 Å². The number of rotatable bonds is 3. The summed E-state index contributed by atoms with van der Waals surface area (Å²) in [6.07, 6.45) is 3.53. The molecular formula is C11H14N2O2. The number of carbonyl (C=O) groups excluding carboxylic acids is 1. The number of nitrogens with one attached hydrogen (secondary N) is 1. The lowest BCUT2D eigenvalue weighted by Crippen LogP contribution is -2.43. The van der Waals surface area contributed by atoms with Gasteiger partial charge in [0.05, 0.1) is 6.61 Å². The monoisotopic (exact) mass is 206 g/mol. The molecule has 0 aromatic carbocycles. The maximum absolute atomic E-state index is 11.8. The summed E-state index contributed by atoms with van der Waals surface area (Å²) in [5, 5.41) is 3.14. The smallest absolute Gasteiger partial charge is 0.167 e. The number of ether oxygens (including phenoxy) is 1. The van der Waals surface area contributed by atoms with Crippen LogP contribution in [0.25, 0.3) is 0 Å². The molecule has 1 aromatic heterocycles. The highest BCUT2D eigenvalue weighted by molar-refractivity contribution is 5.85. The van der Waals surface area contributed by atoms with Gasteiger partial charge < -0.3 is 10.1 Å². The van der Waals surface area contributed by atoms with E-state index in [9.17, 15) is 4.79 Å². The maximum atomic E-state index is 11.8. The normalized spacial score (nSPS) is 21.2. The predicted octanol–water partition coefficient (Wildman–Crippen LogP) is 0.182. The molecular weight excluding hydrogens is 192 g/mol. The Labute approximate surface area is 88.7 Å². The van der Waals surface area contributed by atoms with Crippen molar-refractivity contribution < 1.29 is 9.53 Å². The van der Waals surface area contributed by atoms with Gasteiger partial charge in [0.2, 0.25) is 0 Å². The molecule has 1 unspecified atom stereocenters. The molecule has 0 aliphatic carbocycles. The molecule has 1 aromatic rings. The number of aromatic nitrogens is 1. The van der Waals surface area contributed by atoms with Crippen LogP contribution in [0.3, 0.4) is 0 Å². The highest BCUT2D eigenvalue weighted by Gasteiger charge is 2.21. The zero-order valence-electron chi connectivity index (χ0n) is 8.48. The van der Waals surface area contributed by atoms with Crippen LogP contribution in [-0.2, 0) is 16.0 Å². The Morgan fingerprint density at radius 1 is 1.53 bits per heavy atom. The van der Waals surface area contributed by atoms with Crippen molar-refractivity contribution in [3.63, 3.8) is 0 Å². The Bertz CT molecular complexity index is 321. The van der Waals surface area contributed by atoms with Crippen molar-refractivity contribution in [3.05, 3.63) is 30.1 Å². The van der Waals surface area contributed by atoms with Crippen LogP contribution in [0.1, 0.15) is 5.56 Å². The zero-order valence-corrected chi connectivity index (χ0v) is 8.48. The summed E-state index contributed by atoms with van der Waals surface area (Å²) in [6, 6.07) is 3.71. The van der Waals surface area contributed by atoms with E-state index in [1.807, 2.05) is 12.1 Å². The van der Waals surface area contributed by atoms with E-state index in [4.69, 9.17) is 4.74 Å². The van der Waals surface area contributed by atoms with Gasteiger partial charge in [-0.25, -0.2) is 0 Å². The number of nitrogens with zero attached hydrogens (tertiary/aromatic N) is 1. The fourth-order valence-corrected chi connectivity index (χ4v) is 1.59. The molecule has 80 valence electrons. The van der Waals surface area contributed by atoms with E-state index in [0.29, 0.717) is 19.6 Å². The van der Waals surface area contributed by atoms with E-state index in [-0.39, 0.29) is 11.9 Å². The number of pyridine rings is 1. The molecule has 1 aliphatic rings. The molecule has 4 nitrogen and oxygen atoms in total. The van der Waals surface area contributed by atoms with Gasteiger partial charge in [-0.15, -0.1) is 0 Å². The van der Waals surface area contributed by atoms with Crippen LogP contribution in [0.2, 0.25) is 0 Å². The van der Waals surface area contributed by atoms with E-state index < -0.39 is 0 Å². The molecule has 0 spiro atoms. The van der Waals surface area contributed by atoms with Crippen molar-refractivity contribution >= 4 is 5.78 Å². The van der Waals surface area contributed by atoms with Crippen molar-refractivity contribution in [1.82, 2.24) is 10.3 Å². The van der Waals surface area contributed by atoms with Crippen LogP contribution in [-0.4, -0.2) is 36.6 Å². The van der Waals surface area contributed by atoms with E-state index in [1.54, 1.807) is 12.4 Å². The first kappa shape index (κ1) is 10.3. The zero-order chi connectivity index (χ0) is 10.5. The van der Waals surface area contributed by atoms with Crippen molar-refractivity contribution in [2.24, 2.45) is 0 Å². The first-order valence-corrected chi connectivity index (χ1v) is 5.10. The molecule has 1 N–H and O–H groups in total. The molecule has 2 rings (SSSR count). The first-order valence-electron chi connectivity index (χ1n) is 5.10. The summed E-state index contributed by atoms with van der Waals surface area (Å²) in [5.41, 5.74) is 0.990. The summed E-state index contributed by atoms with van der Waals surface area (Å²) < 4.78 is 5.38. The summed E-state index contributed by atoms with van der Waals surface area (Å²) in [6.45, 7) is 2.08. The predicted molar refractivity (Wildman–Crippen MR) is 55.6 cm³/mol. The van der Waals surface area contributed by atoms with E-state index in [2.05, 4.69) is 10.3 Å². The van der Waals surface area contributed by atoms with Gasteiger partial charge >= 0.3 is 0 Å². The minimum absolute atomic E-state index is 0.133. The van der Waals surface area contributed by atoms with Crippen LogP contribution >= 0.6 is 0 Å². The maximum Gasteiger partial charge on any atom is 0.167 e. The van der Waals surface area contributed by atoms with E-state index >= 15 is 0 Å². The molecule has 2 heterocycles. The Morgan fingerprint density at radius 2 is 2.33 bits per heavy atom. The second kappa shape index (κ2) is 5.00. The lowest BCUT2D eigenvalue weighted by Gasteiger charge is -2.22. The lowest BCUT2D eigenvalue weighted by atomic mass is 10.1. The van der Waals surface area contributed by atoms with Crippen LogP contribution in [0, 0.1) is 0 Å². The molecule has 1 fully saturated rings. The SMILES string of the molecule is O=C(Cc1ccncc1)C1CNCCO1. The summed E-state index contributed by atoms with van der Waals surface area (Å²) in [5.74, 6) is 0.133. The third-order valence-corrected chi connectivity index (χ3v) is 2.41. The van der Waals surface area contributed by atoms with Crippen molar-refractivity contribution in [2.75, 3.05) is 19.7 Å². The highest BCUT2D eigenvalue weighted by atomic mass is 16.5. The molecule has 1 aliphatic heterocycles. The third kappa shape index (κ3) is 2.84. The summed E-state index contributed by atoms with van der Waals surface area (Å²) >= 11 is 0. The average Bonchev–Trinajstić information content (AvgIpc) is 2.31. The summed E-state index contributed by atoms with van der Waals surface area (Å²) in [7, 11) is 0. The Balaban J connectivity index is 1.91. The third-order valence-electron chi connectivity index (χ3n) is 2.41. The average molecular weight is 206 g/mol. The molecule has 4 heteroatoms. The fraction of sp³-hybridized carbons (Fsp3) is 0.455. The molecule has 0 radical (unpaired) electrons. The van der Waals surface area contributed by atoms with Gasteiger partial charge in [0.1, 0.15) is 6.10 Å². The highest BCUT2D eigenvalue weighted by Crippen LogP contribution is 2.04. The second-order valence-corrected chi connectivity index (χ2v) is 3.56. The van der Waals surface area contributed by atoms with E-state index in [1.165, 1.54) is 0 Å². The topological polar surface area (TPSA) is 51.2 Å². The minimum Gasteiger partial charge on any atom is -0.368 e. The number of ketones is 1. The Hall–Kier alpha value is -1.26. The number of hydrogen-bond acceptors (Lipinski definition) is 4. The standard InChI is InChI=1S/C11H14N2O2/c14-10(11-8-13-5-6-15-11)7-9-1-3-12-4-2-9/h1-4,11,13H,5-8H2. The van der Waals surface area contributed by atoms with Crippen LogP contribution in [0.4, 0.5) is 0 Å². The Kier molecular flexibility index (Phi) is 3.42. The van der Waals surface area contributed by atoms with Gasteiger partial charge in [-0.1, -0.05) is 0 Å². The molecule has 0 saturated carbocycles. The number of Topliss-reactive ketones (excluding diaryl/α,β-unsaturated/α-hetero) is 1. The van der Waals surface area contributed by atoms with Gasteiger partial charge in [0.15, 0.2) is 5.78 Å². The second-order valence-electron chi connectivity index (χ2n) is 3.56.